The summed E-state index contributed by atoms with van der Waals surface area (Å²) in [7, 11) is 3.99. The van der Waals surface area contributed by atoms with Crippen molar-refractivity contribution < 1.29 is 0 Å². The molecule has 0 spiro atoms. The highest BCUT2D eigenvalue weighted by molar-refractivity contribution is 5.85. The number of piperazine rings is 1. The highest BCUT2D eigenvalue weighted by Gasteiger charge is 2.11. The molecule has 1 fully saturated rings. The fraction of sp³-hybridized carbons (Fsp3) is 0.292. The van der Waals surface area contributed by atoms with E-state index in [2.05, 4.69) is 65.8 Å². The minimum Gasteiger partial charge on any atom is -0.363 e. The summed E-state index contributed by atoms with van der Waals surface area (Å²) in [5.41, 5.74) is 5.38. The maximum absolute atomic E-state index is 4.69. The molecule has 0 bridgehead atoms. The Morgan fingerprint density at radius 3 is 2.58 bits per heavy atom. The van der Waals surface area contributed by atoms with Crippen LogP contribution in [0.1, 0.15) is 5.56 Å². The van der Waals surface area contributed by atoms with Crippen LogP contribution in [0.3, 0.4) is 0 Å². The van der Waals surface area contributed by atoms with Gasteiger partial charge in [-0.3, -0.25) is 4.90 Å². The highest BCUT2D eigenvalue weighted by atomic mass is 35.5. The molecule has 1 saturated heterocycles. The van der Waals surface area contributed by atoms with E-state index in [1.54, 1.807) is 0 Å². The molecular formula is C24H29ClN8. The zero-order valence-electron chi connectivity index (χ0n) is 18.9. The average molecular weight is 465 g/mol. The summed E-state index contributed by atoms with van der Waals surface area (Å²) in [6.45, 7) is 5.18. The fourth-order valence-electron chi connectivity index (χ4n) is 3.98. The number of halogens is 1. The number of hydrogen-bond donors (Lipinski definition) is 3. The summed E-state index contributed by atoms with van der Waals surface area (Å²) in [6, 6.07) is 14.5. The molecule has 0 saturated carbocycles. The van der Waals surface area contributed by atoms with Crippen molar-refractivity contribution in [1.82, 2.24) is 30.2 Å². The molecule has 0 atom stereocenters. The Morgan fingerprint density at radius 2 is 1.76 bits per heavy atom. The number of H-pyrrole nitrogens is 1. The first-order valence-corrected chi connectivity index (χ1v) is 10.9. The van der Waals surface area contributed by atoms with Crippen LogP contribution in [-0.2, 0) is 6.54 Å². The molecule has 0 amide bonds. The second-order valence-corrected chi connectivity index (χ2v) is 8.31. The monoisotopic (exact) mass is 464 g/mol. The third kappa shape index (κ3) is 5.42. The van der Waals surface area contributed by atoms with Crippen LogP contribution >= 0.6 is 12.4 Å². The van der Waals surface area contributed by atoms with Crippen LogP contribution < -0.4 is 15.5 Å². The van der Waals surface area contributed by atoms with Crippen molar-refractivity contribution in [2.75, 3.05) is 50.5 Å². The van der Waals surface area contributed by atoms with Crippen molar-refractivity contribution in [3.63, 3.8) is 0 Å². The Morgan fingerprint density at radius 1 is 0.970 bits per heavy atom. The van der Waals surface area contributed by atoms with Crippen LogP contribution in [0, 0.1) is 0 Å². The van der Waals surface area contributed by atoms with Crippen molar-refractivity contribution >= 4 is 41.0 Å². The standard InChI is InChI=1S/C24H28N8.ClH/c1-31(2)23-15-19(6-8-27-23)18-3-4-20-21(14-18)29-24(28-20)30-22-13-17(5-7-26-22)16-32-11-9-25-10-12-32;/h3-8,13-15,25H,9-12,16H2,1-2H3,(H2,26,28,29,30);1H. The van der Waals surface area contributed by atoms with E-state index in [-0.39, 0.29) is 12.4 Å². The Bertz CT molecular complexity index is 1220. The van der Waals surface area contributed by atoms with E-state index in [9.17, 15) is 0 Å². The predicted molar refractivity (Wildman–Crippen MR) is 137 cm³/mol. The van der Waals surface area contributed by atoms with Crippen molar-refractivity contribution in [2.24, 2.45) is 0 Å². The molecule has 9 heteroatoms. The number of imidazole rings is 1. The lowest BCUT2D eigenvalue weighted by atomic mass is 10.1. The second-order valence-electron chi connectivity index (χ2n) is 8.31. The number of aromatic nitrogens is 4. The minimum absolute atomic E-state index is 0. The minimum atomic E-state index is 0. The summed E-state index contributed by atoms with van der Waals surface area (Å²) >= 11 is 0. The largest absolute Gasteiger partial charge is 0.363 e. The normalized spacial score (nSPS) is 14.1. The number of nitrogens with zero attached hydrogens (tertiary/aromatic N) is 5. The average Bonchev–Trinajstić information content (AvgIpc) is 3.21. The van der Waals surface area contributed by atoms with Gasteiger partial charge in [-0.25, -0.2) is 15.0 Å². The number of rotatable bonds is 6. The molecule has 3 N–H and O–H groups in total. The van der Waals surface area contributed by atoms with Crippen LogP contribution in [0.4, 0.5) is 17.6 Å². The predicted octanol–water partition coefficient (Wildman–Crippen LogP) is 3.66. The third-order valence-electron chi connectivity index (χ3n) is 5.71. The first-order chi connectivity index (χ1) is 15.6. The summed E-state index contributed by atoms with van der Waals surface area (Å²) in [5.74, 6) is 2.41. The number of nitrogens with one attached hydrogen (secondary N) is 3. The van der Waals surface area contributed by atoms with Gasteiger partial charge >= 0.3 is 0 Å². The van der Waals surface area contributed by atoms with Gasteiger partial charge in [0.15, 0.2) is 0 Å². The van der Waals surface area contributed by atoms with Gasteiger partial charge in [-0.2, -0.15) is 0 Å². The molecule has 1 aliphatic rings. The molecule has 1 aromatic carbocycles. The molecular weight excluding hydrogens is 436 g/mol. The molecule has 0 unspecified atom stereocenters. The number of aromatic amines is 1. The van der Waals surface area contributed by atoms with E-state index in [4.69, 9.17) is 0 Å². The number of pyridine rings is 2. The van der Waals surface area contributed by atoms with Gasteiger partial charge in [-0.15, -0.1) is 12.4 Å². The van der Waals surface area contributed by atoms with E-state index in [0.717, 1.165) is 66.5 Å². The molecule has 0 aliphatic carbocycles. The molecule has 4 heterocycles. The Kier molecular flexibility index (Phi) is 7.08. The van der Waals surface area contributed by atoms with Gasteiger partial charge in [0, 0.05) is 59.2 Å². The first kappa shape index (κ1) is 23.0. The molecule has 33 heavy (non-hydrogen) atoms. The van der Waals surface area contributed by atoms with Gasteiger partial charge in [0.1, 0.15) is 11.6 Å². The third-order valence-corrected chi connectivity index (χ3v) is 5.71. The quantitative estimate of drug-likeness (QED) is 0.401. The van der Waals surface area contributed by atoms with Gasteiger partial charge in [-0.1, -0.05) is 6.07 Å². The Balaban J connectivity index is 0.00000259. The Labute approximate surface area is 199 Å². The smallest absolute Gasteiger partial charge is 0.206 e. The summed E-state index contributed by atoms with van der Waals surface area (Å²) in [5, 5.41) is 6.72. The van der Waals surface area contributed by atoms with E-state index in [1.165, 1.54) is 5.56 Å². The van der Waals surface area contributed by atoms with Gasteiger partial charge in [0.25, 0.3) is 0 Å². The van der Waals surface area contributed by atoms with Crippen molar-refractivity contribution in [3.8, 4) is 11.1 Å². The maximum Gasteiger partial charge on any atom is 0.206 e. The topological polar surface area (TPSA) is 85.0 Å². The highest BCUT2D eigenvalue weighted by Crippen LogP contribution is 2.26. The Hall–Kier alpha value is -3.20. The SMILES string of the molecule is CN(C)c1cc(-c2ccc3nc(Nc4cc(CN5CCNCC5)ccn4)[nH]c3c2)ccn1.Cl. The summed E-state index contributed by atoms with van der Waals surface area (Å²) < 4.78 is 0. The van der Waals surface area contributed by atoms with Gasteiger partial charge < -0.3 is 20.5 Å². The van der Waals surface area contributed by atoms with E-state index < -0.39 is 0 Å². The van der Waals surface area contributed by atoms with Gasteiger partial charge in [0.05, 0.1) is 11.0 Å². The van der Waals surface area contributed by atoms with Gasteiger partial charge in [0.2, 0.25) is 5.95 Å². The number of benzene rings is 1. The van der Waals surface area contributed by atoms with E-state index in [1.807, 2.05) is 43.5 Å². The van der Waals surface area contributed by atoms with Crippen molar-refractivity contribution in [2.45, 2.75) is 6.54 Å². The zero-order valence-corrected chi connectivity index (χ0v) is 19.7. The van der Waals surface area contributed by atoms with Crippen LogP contribution in [0.15, 0.2) is 54.9 Å². The van der Waals surface area contributed by atoms with Crippen molar-refractivity contribution in [3.05, 3.63) is 60.4 Å². The second kappa shape index (κ2) is 10.2. The van der Waals surface area contributed by atoms with E-state index >= 15 is 0 Å². The summed E-state index contributed by atoms with van der Waals surface area (Å²) in [4.78, 5) is 21.4. The number of hydrogen-bond acceptors (Lipinski definition) is 7. The van der Waals surface area contributed by atoms with Crippen LogP contribution in [0.25, 0.3) is 22.2 Å². The lowest BCUT2D eigenvalue weighted by Crippen LogP contribution is -2.42. The molecule has 8 nitrogen and oxygen atoms in total. The molecule has 5 rings (SSSR count). The molecule has 0 radical (unpaired) electrons. The van der Waals surface area contributed by atoms with E-state index in [0.29, 0.717) is 5.95 Å². The molecule has 172 valence electrons. The number of fused-ring (bicyclic) bond motifs is 1. The van der Waals surface area contributed by atoms with Crippen LogP contribution in [0.2, 0.25) is 0 Å². The molecule has 3 aromatic heterocycles. The van der Waals surface area contributed by atoms with Crippen molar-refractivity contribution in [1.29, 1.82) is 0 Å². The lowest BCUT2D eigenvalue weighted by molar-refractivity contribution is 0.233. The van der Waals surface area contributed by atoms with Crippen LogP contribution in [0.5, 0.6) is 0 Å². The molecule has 4 aromatic rings. The maximum atomic E-state index is 4.69. The fourth-order valence-corrected chi connectivity index (χ4v) is 3.98. The number of anilines is 3. The van der Waals surface area contributed by atoms with Crippen LogP contribution in [-0.4, -0.2) is 65.1 Å². The first-order valence-electron chi connectivity index (χ1n) is 10.9. The lowest BCUT2D eigenvalue weighted by Gasteiger charge is -2.27. The summed E-state index contributed by atoms with van der Waals surface area (Å²) in [6.07, 6.45) is 3.69. The molecule has 1 aliphatic heterocycles. The van der Waals surface area contributed by atoms with Gasteiger partial charge in [-0.05, 0) is 53.1 Å². The zero-order chi connectivity index (χ0) is 21.9.